The molecule has 0 bridgehead atoms. The molecule has 0 radical (unpaired) electrons. The molecule has 1 aromatic rings. The van der Waals surface area contributed by atoms with Crippen molar-refractivity contribution in [2.75, 3.05) is 0 Å². The molecule has 0 amide bonds. The number of ether oxygens (including phenoxy) is 1. The van der Waals surface area contributed by atoms with Crippen molar-refractivity contribution in [1.29, 1.82) is 0 Å². The van der Waals surface area contributed by atoms with Crippen LogP contribution in [0.1, 0.15) is 17.3 Å². The van der Waals surface area contributed by atoms with Crippen LogP contribution >= 0.6 is 0 Å². The van der Waals surface area contributed by atoms with Gasteiger partial charge in [0.15, 0.2) is 0 Å². The van der Waals surface area contributed by atoms with Gasteiger partial charge < -0.3 is 9.84 Å². The van der Waals surface area contributed by atoms with E-state index in [9.17, 15) is 9.59 Å². The normalized spacial score (nSPS) is 8.64. The van der Waals surface area contributed by atoms with Gasteiger partial charge >= 0.3 is 11.9 Å². The van der Waals surface area contributed by atoms with Crippen LogP contribution in [-0.2, 0) is 4.79 Å². The summed E-state index contributed by atoms with van der Waals surface area (Å²) >= 11 is 0. The van der Waals surface area contributed by atoms with Gasteiger partial charge in [0.2, 0.25) is 0 Å². The van der Waals surface area contributed by atoms with Crippen LogP contribution in [0.2, 0.25) is 0 Å². The van der Waals surface area contributed by atoms with Crippen LogP contribution in [0, 0.1) is 40.8 Å². The molecule has 0 atom stereocenters. The van der Waals surface area contributed by atoms with E-state index in [0.29, 0.717) is 0 Å². The molecule has 0 saturated carbocycles. The number of esters is 1. The number of benzene rings is 1. The SMILES string of the molecule is CC(=O)Oc1ccccc1C(=O)O.[Nd]. The van der Waals surface area contributed by atoms with Crippen molar-refractivity contribution in [2.24, 2.45) is 0 Å². The molecule has 0 heterocycles. The third kappa shape index (κ3) is 3.71. The fourth-order valence-electron chi connectivity index (χ4n) is 0.887. The van der Waals surface area contributed by atoms with Crippen molar-refractivity contribution in [2.45, 2.75) is 6.92 Å². The van der Waals surface area contributed by atoms with E-state index in [4.69, 9.17) is 5.11 Å². The summed E-state index contributed by atoms with van der Waals surface area (Å²) in [6.45, 7) is 1.22. The first-order valence-electron chi connectivity index (χ1n) is 3.62. The quantitative estimate of drug-likeness (QED) is 0.658. The zero-order chi connectivity index (χ0) is 9.84. The molecule has 72 valence electrons. The predicted molar refractivity (Wildman–Crippen MR) is 44.7 cm³/mol. The summed E-state index contributed by atoms with van der Waals surface area (Å²) in [5.74, 6) is -1.58. The van der Waals surface area contributed by atoms with E-state index in [1.54, 1.807) is 12.1 Å². The number of aromatic carboxylic acids is 1. The smallest absolute Gasteiger partial charge is 0.339 e. The fourth-order valence-corrected chi connectivity index (χ4v) is 0.887. The molecular weight excluding hydrogens is 316 g/mol. The van der Waals surface area contributed by atoms with E-state index >= 15 is 0 Å². The Kier molecular flexibility index (Phi) is 5.87. The van der Waals surface area contributed by atoms with Crippen LogP contribution in [0.3, 0.4) is 0 Å². The van der Waals surface area contributed by atoms with Gasteiger partial charge in [-0.25, -0.2) is 4.79 Å². The summed E-state index contributed by atoms with van der Waals surface area (Å²) in [4.78, 5) is 21.2. The summed E-state index contributed by atoms with van der Waals surface area (Å²) in [6.07, 6.45) is 0. The Hall–Kier alpha value is -0.489. The molecule has 5 heteroatoms. The van der Waals surface area contributed by atoms with Crippen molar-refractivity contribution >= 4 is 11.9 Å². The second kappa shape index (κ2) is 6.08. The van der Waals surface area contributed by atoms with E-state index in [1.165, 1.54) is 19.1 Å². The van der Waals surface area contributed by atoms with Crippen molar-refractivity contribution in [3.05, 3.63) is 29.8 Å². The Morgan fingerprint density at radius 3 is 2.36 bits per heavy atom. The number of hydrogen-bond acceptors (Lipinski definition) is 3. The molecule has 0 aliphatic carbocycles. The molecule has 1 aromatic carbocycles. The number of hydrogen-bond donors (Lipinski definition) is 1. The van der Waals surface area contributed by atoms with Crippen LogP contribution in [0.15, 0.2) is 24.3 Å². The second-order valence-electron chi connectivity index (χ2n) is 2.39. The van der Waals surface area contributed by atoms with Gasteiger partial charge in [0.05, 0.1) is 0 Å². The Labute approximate surface area is 114 Å². The Balaban J connectivity index is 0.00000169. The Bertz CT molecular complexity index is 348. The summed E-state index contributed by atoms with van der Waals surface area (Å²) in [6, 6.07) is 5.98. The molecular formula is C9H8NdO4. The number of carbonyl (C=O) groups is 2. The van der Waals surface area contributed by atoms with Gasteiger partial charge in [-0.15, -0.1) is 0 Å². The number of para-hydroxylation sites is 1. The maximum Gasteiger partial charge on any atom is 0.339 e. The molecule has 0 aliphatic heterocycles. The van der Waals surface area contributed by atoms with Crippen LogP contribution in [0.25, 0.3) is 0 Å². The monoisotopic (exact) mass is 322 g/mol. The molecule has 0 spiro atoms. The molecule has 0 saturated heterocycles. The third-order valence-electron chi connectivity index (χ3n) is 1.37. The van der Waals surface area contributed by atoms with Gasteiger partial charge in [-0.3, -0.25) is 4.79 Å². The van der Waals surface area contributed by atoms with E-state index < -0.39 is 11.9 Å². The zero-order valence-corrected chi connectivity index (χ0v) is 10.7. The summed E-state index contributed by atoms with van der Waals surface area (Å²) in [7, 11) is 0. The molecule has 14 heavy (non-hydrogen) atoms. The number of carboxylic acids is 1. The number of carboxylic acid groups (broad SMARTS) is 1. The number of carbonyl (C=O) groups excluding carboxylic acids is 1. The van der Waals surface area contributed by atoms with E-state index in [1.807, 2.05) is 0 Å². The van der Waals surface area contributed by atoms with Gasteiger partial charge in [0.1, 0.15) is 11.3 Å². The first-order valence-corrected chi connectivity index (χ1v) is 3.62. The first-order chi connectivity index (χ1) is 6.11. The minimum absolute atomic E-state index is 0. The first kappa shape index (κ1) is 13.5. The van der Waals surface area contributed by atoms with Gasteiger partial charge in [0, 0.05) is 47.8 Å². The van der Waals surface area contributed by atoms with Gasteiger partial charge in [0.25, 0.3) is 0 Å². The maximum absolute atomic E-state index is 10.6. The van der Waals surface area contributed by atoms with E-state index in [2.05, 4.69) is 4.74 Å². The molecule has 4 nitrogen and oxygen atoms in total. The summed E-state index contributed by atoms with van der Waals surface area (Å²) in [5, 5.41) is 8.69. The van der Waals surface area contributed by atoms with Gasteiger partial charge in [-0.05, 0) is 12.1 Å². The minimum Gasteiger partial charge on any atom is -0.478 e. The van der Waals surface area contributed by atoms with Gasteiger partial charge in [-0.1, -0.05) is 12.1 Å². The molecule has 1 rings (SSSR count). The fraction of sp³-hybridized carbons (Fsp3) is 0.111. The summed E-state index contributed by atoms with van der Waals surface area (Å²) < 4.78 is 4.69. The number of rotatable bonds is 2. The molecule has 0 aliphatic rings. The van der Waals surface area contributed by atoms with Crippen LogP contribution in [-0.4, -0.2) is 17.0 Å². The average molecular weight is 324 g/mol. The molecule has 0 unspecified atom stereocenters. The van der Waals surface area contributed by atoms with Gasteiger partial charge in [-0.2, -0.15) is 0 Å². The molecule has 1 N–H and O–H groups in total. The Morgan fingerprint density at radius 1 is 1.29 bits per heavy atom. The van der Waals surface area contributed by atoms with Crippen molar-refractivity contribution in [3.8, 4) is 5.75 Å². The predicted octanol–water partition coefficient (Wildman–Crippen LogP) is 1.31. The van der Waals surface area contributed by atoms with Crippen LogP contribution < -0.4 is 4.74 Å². The van der Waals surface area contributed by atoms with Crippen molar-refractivity contribution in [1.82, 2.24) is 0 Å². The largest absolute Gasteiger partial charge is 0.478 e. The van der Waals surface area contributed by atoms with Crippen molar-refractivity contribution < 1.29 is 60.3 Å². The third-order valence-corrected chi connectivity index (χ3v) is 1.37. The van der Waals surface area contributed by atoms with E-state index in [-0.39, 0.29) is 52.2 Å². The maximum atomic E-state index is 10.6. The average Bonchev–Trinajstić information content (AvgIpc) is 2.03. The van der Waals surface area contributed by atoms with E-state index in [0.717, 1.165) is 0 Å². The standard InChI is InChI=1S/C9H8O4.Nd/c1-6(10)13-8-5-3-2-4-7(8)9(11)12;/h2-5H,1H3,(H,11,12);. The van der Waals surface area contributed by atoms with Crippen LogP contribution in [0.4, 0.5) is 0 Å². The molecule has 0 aromatic heterocycles. The minimum atomic E-state index is -1.11. The summed E-state index contributed by atoms with van der Waals surface area (Å²) in [5.41, 5.74) is -0.0160. The van der Waals surface area contributed by atoms with Crippen LogP contribution in [0.5, 0.6) is 5.75 Å². The Morgan fingerprint density at radius 2 is 1.86 bits per heavy atom. The molecule has 0 fully saturated rings. The topological polar surface area (TPSA) is 63.6 Å². The van der Waals surface area contributed by atoms with Crippen molar-refractivity contribution in [3.63, 3.8) is 0 Å². The zero-order valence-electron chi connectivity index (χ0n) is 7.48. The second-order valence-corrected chi connectivity index (χ2v) is 2.39.